The van der Waals surface area contributed by atoms with Crippen molar-refractivity contribution in [2.24, 2.45) is 0 Å². The highest BCUT2D eigenvalue weighted by Gasteiger charge is 2.19. The van der Waals surface area contributed by atoms with E-state index in [2.05, 4.69) is 10.0 Å². The number of anilines is 2. The second kappa shape index (κ2) is 8.79. The summed E-state index contributed by atoms with van der Waals surface area (Å²) in [6.07, 6.45) is 0. The fourth-order valence-electron chi connectivity index (χ4n) is 2.79. The van der Waals surface area contributed by atoms with Crippen LogP contribution in [0.3, 0.4) is 0 Å². The van der Waals surface area contributed by atoms with Crippen LogP contribution in [0.4, 0.5) is 11.4 Å². The van der Waals surface area contributed by atoms with E-state index >= 15 is 0 Å². The smallest absolute Gasteiger partial charge is 0.261 e. The van der Waals surface area contributed by atoms with E-state index in [1.54, 1.807) is 42.5 Å². The van der Waals surface area contributed by atoms with Gasteiger partial charge < -0.3 is 10.1 Å². The summed E-state index contributed by atoms with van der Waals surface area (Å²) in [4.78, 5) is 24.0. The third-order valence-electron chi connectivity index (χ3n) is 4.25. The normalized spacial score (nSPS) is 10.9. The lowest BCUT2D eigenvalue weighted by Crippen LogP contribution is -2.16. The van der Waals surface area contributed by atoms with Crippen LogP contribution in [0.5, 0.6) is 5.75 Å². The van der Waals surface area contributed by atoms with E-state index in [0.29, 0.717) is 17.0 Å². The van der Waals surface area contributed by atoms with Gasteiger partial charge in [0.2, 0.25) is 5.91 Å². The number of carbonyl (C=O) groups excluding carboxylic acids is 2. The molecule has 0 aromatic heterocycles. The van der Waals surface area contributed by atoms with Gasteiger partial charge in [-0.25, -0.2) is 8.42 Å². The number of ketones is 1. The fraction of sp³-hybridized carbons (Fsp3) is 0.0909. The predicted molar refractivity (Wildman–Crippen MR) is 114 cm³/mol. The Hall–Kier alpha value is -3.65. The lowest BCUT2D eigenvalue weighted by atomic mass is 10.0. The van der Waals surface area contributed by atoms with Crippen molar-refractivity contribution < 1.29 is 22.7 Å². The molecule has 1 amide bonds. The van der Waals surface area contributed by atoms with Crippen LogP contribution in [-0.2, 0) is 14.8 Å². The average molecular weight is 424 g/mol. The van der Waals surface area contributed by atoms with Gasteiger partial charge >= 0.3 is 0 Å². The van der Waals surface area contributed by atoms with Crippen LogP contribution in [0, 0.1) is 0 Å². The Morgan fingerprint density at radius 1 is 0.867 bits per heavy atom. The molecule has 0 fully saturated rings. The standard InChI is InChI=1S/C22H20N2O5S/c1-15(25)23-17-9-13-19(14-10-17)30(27,28)24-21-6-4-3-5-20(21)22(26)16-7-11-18(29-2)12-8-16/h3-14,24H,1-2H3,(H,23,25). The minimum atomic E-state index is -3.94. The molecule has 0 saturated heterocycles. The van der Waals surface area contributed by atoms with Crippen LogP contribution in [0.2, 0.25) is 0 Å². The maximum absolute atomic E-state index is 12.9. The van der Waals surface area contributed by atoms with Gasteiger partial charge in [0.15, 0.2) is 5.78 Å². The first-order valence-electron chi connectivity index (χ1n) is 8.98. The number of amides is 1. The minimum absolute atomic E-state index is 0.00306. The summed E-state index contributed by atoms with van der Waals surface area (Å²) < 4.78 is 33.2. The molecule has 3 aromatic rings. The van der Waals surface area contributed by atoms with Gasteiger partial charge in [0.25, 0.3) is 10.0 Å². The molecule has 0 atom stereocenters. The second-order valence-electron chi connectivity index (χ2n) is 6.41. The molecule has 3 aromatic carbocycles. The zero-order chi connectivity index (χ0) is 21.7. The van der Waals surface area contributed by atoms with Crippen LogP contribution < -0.4 is 14.8 Å². The van der Waals surface area contributed by atoms with Gasteiger partial charge in [-0.3, -0.25) is 14.3 Å². The molecule has 7 nitrogen and oxygen atoms in total. The quantitative estimate of drug-likeness (QED) is 0.564. The van der Waals surface area contributed by atoms with E-state index in [4.69, 9.17) is 4.74 Å². The Bertz CT molecular complexity index is 1170. The number of methoxy groups -OCH3 is 1. The maximum atomic E-state index is 12.9. The topological polar surface area (TPSA) is 102 Å². The largest absolute Gasteiger partial charge is 0.497 e. The van der Waals surface area contributed by atoms with Gasteiger partial charge in [-0.15, -0.1) is 0 Å². The van der Waals surface area contributed by atoms with Crippen molar-refractivity contribution in [1.29, 1.82) is 0 Å². The van der Waals surface area contributed by atoms with Crippen LogP contribution in [0.1, 0.15) is 22.8 Å². The number of hydrogen-bond acceptors (Lipinski definition) is 5. The molecule has 0 aliphatic carbocycles. The van der Waals surface area contributed by atoms with E-state index in [-0.39, 0.29) is 27.8 Å². The number of ether oxygens (including phenoxy) is 1. The summed E-state index contributed by atoms with van der Waals surface area (Å²) in [6.45, 7) is 1.36. The molecule has 2 N–H and O–H groups in total. The molecule has 0 unspecified atom stereocenters. The fourth-order valence-corrected chi connectivity index (χ4v) is 3.87. The zero-order valence-corrected chi connectivity index (χ0v) is 17.2. The summed E-state index contributed by atoms with van der Waals surface area (Å²) in [5.41, 5.74) is 1.28. The summed E-state index contributed by atoms with van der Waals surface area (Å²) in [5, 5.41) is 2.58. The van der Waals surface area contributed by atoms with E-state index in [9.17, 15) is 18.0 Å². The second-order valence-corrected chi connectivity index (χ2v) is 8.10. The Kier molecular flexibility index (Phi) is 6.17. The highest BCUT2D eigenvalue weighted by atomic mass is 32.2. The Morgan fingerprint density at radius 3 is 2.10 bits per heavy atom. The van der Waals surface area contributed by atoms with Crippen LogP contribution in [-0.4, -0.2) is 27.2 Å². The molecule has 30 heavy (non-hydrogen) atoms. The first-order chi connectivity index (χ1) is 14.3. The molecule has 0 saturated carbocycles. The Morgan fingerprint density at radius 2 is 1.50 bits per heavy atom. The highest BCUT2D eigenvalue weighted by molar-refractivity contribution is 7.92. The molecule has 8 heteroatoms. The summed E-state index contributed by atoms with van der Waals surface area (Å²) in [6, 6.07) is 18.7. The van der Waals surface area contributed by atoms with Gasteiger partial charge in [0.1, 0.15) is 5.75 Å². The number of rotatable bonds is 7. The van der Waals surface area contributed by atoms with Gasteiger partial charge in [0, 0.05) is 23.7 Å². The SMILES string of the molecule is COc1ccc(C(=O)c2ccccc2NS(=O)(=O)c2ccc(NC(C)=O)cc2)cc1. The minimum Gasteiger partial charge on any atom is -0.497 e. The number of benzene rings is 3. The molecular weight excluding hydrogens is 404 g/mol. The van der Waals surface area contributed by atoms with Crippen LogP contribution in [0.15, 0.2) is 77.7 Å². The number of nitrogens with one attached hydrogen (secondary N) is 2. The third-order valence-corrected chi connectivity index (χ3v) is 5.63. The number of sulfonamides is 1. The summed E-state index contributed by atoms with van der Waals surface area (Å²) >= 11 is 0. The van der Waals surface area contributed by atoms with E-state index in [0.717, 1.165) is 0 Å². The molecule has 0 radical (unpaired) electrons. The number of carbonyl (C=O) groups is 2. The third kappa shape index (κ3) is 4.84. The monoisotopic (exact) mass is 424 g/mol. The lowest BCUT2D eigenvalue weighted by Gasteiger charge is -2.13. The molecule has 0 aliphatic rings. The van der Waals surface area contributed by atoms with Gasteiger partial charge in [-0.1, -0.05) is 12.1 Å². The molecule has 0 spiro atoms. The van der Waals surface area contributed by atoms with Crippen molar-refractivity contribution in [3.63, 3.8) is 0 Å². The average Bonchev–Trinajstić information content (AvgIpc) is 2.73. The molecule has 154 valence electrons. The number of hydrogen-bond donors (Lipinski definition) is 2. The van der Waals surface area contributed by atoms with Crippen molar-refractivity contribution in [2.45, 2.75) is 11.8 Å². The first kappa shape index (κ1) is 21.1. The van der Waals surface area contributed by atoms with Crippen molar-refractivity contribution in [3.05, 3.63) is 83.9 Å². The lowest BCUT2D eigenvalue weighted by molar-refractivity contribution is -0.114. The zero-order valence-electron chi connectivity index (χ0n) is 16.4. The van der Waals surface area contributed by atoms with Crippen molar-refractivity contribution in [3.8, 4) is 5.75 Å². The van der Waals surface area contributed by atoms with Gasteiger partial charge in [0.05, 0.1) is 17.7 Å². The van der Waals surface area contributed by atoms with Crippen LogP contribution >= 0.6 is 0 Å². The Labute approximate surface area is 174 Å². The summed E-state index contributed by atoms with van der Waals surface area (Å²) in [7, 11) is -2.41. The van der Waals surface area contributed by atoms with E-state index < -0.39 is 10.0 Å². The summed E-state index contributed by atoms with van der Waals surface area (Å²) in [5.74, 6) is 0.0370. The molecule has 0 aliphatic heterocycles. The van der Waals surface area contributed by atoms with E-state index in [1.807, 2.05) is 0 Å². The van der Waals surface area contributed by atoms with Gasteiger partial charge in [-0.2, -0.15) is 0 Å². The van der Waals surface area contributed by atoms with Crippen molar-refractivity contribution in [2.75, 3.05) is 17.1 Å². The van der Waals surface area contributed by atoms with Crippen LogP contribution in [0.25, 0.3) is 0 Å². The maximum Gasteiger partial charge on any atom is 0.261 e. The molecule has 3 rings (SSSR count). The molecule has 0 heterocycles. The van der Waals surface area contributed by atoms with Crippen molar-refractivity contribution in [1.82, 2.24) is 0 Å². The highest BCUT2D eigenvalue weighted by Crippen LogP contribution is 2.24. The van der Waals surface area contributed by atoms with Crippen molar-refractivity contribution >= 4 is 33.1 Å². The van der Waals surface area contributed by atoms with Gasteiger partial charge in [-0.05, 0) is 60.7 Å². The first-order valence-corrected chi connectivity index (χ1v) is 10.5. The van der Waals surface area contributed by atoms with E-state index in [1.165, 1.54) is 44.4 Å². The molecule has 0 bridgehead atoms. The predicted octanol–water partition coefficient (Wildman–Crippen LogP) is 3.69. The Balaban J connectivity index is 1.87. The number of para-hydroxylation sites is 1. The molecular formula is C22H20N2O5S.